The first-order chi connectivity index (χ1) is 14.1. The lowest BCUT2D eigenvalue weighted by atomic mass is 9.73. The van der Waals surface area contributed by atoms with Crippen molar-refractivity contribution in [3.05, 3.63) is 35.5 Å². The van der Waals surface area contributed by atoms with Crippen LogP contribution in [0.15, 0.2) is 18.7 Å². The van der Waals surface area contributed by atoms with Crippen molar-refractivity contribution in [2.45, 2.75) is 71.3 Å². The largest absolute Gasteiger partial charge is 0.393 e. The highest BCUT2D eigenvalue weighted by Gasteiger charge is 2.36. The van der Waals surface area contributed by atoms with Crippen LogP contribution < -0.4 is 10.6 Å². The molecule has 0 saturated heterocycles. The summed E-state index contributed by atoms with van der Waals surface area (Å²) < 4.78 is 14.4. The number of nitrogens with zero attached hydrogens (tertiary/aromatic N) is 5. The standard InChI is InChI=1S/C21H28FN7O/c1-20(2)7-15(5-6-16(20)30)28-18-13(8-23)10-25-19(29-18)26-11-14-9-24-12-27-17(14)21(3,4)22/h9-10,12,15-16,30H,5-7,11H2,1-4H3,(H2,25,26,28,29)/t15-,16+/m1/s1. The SMILES string of the molecule is CC(C)(F)c1ncncc1CNc1ncc(C#N)c(N[C@@H]2CC[C@H](O)C(C)(C)C2)n1. The number of aromatic nitrogens is 4. The normalized spacial score (nSPS) is 21.0. The average molecular weight is 414 g/mol. The third kappa shape index (κ3) is 5.00. The van der Waals surface area contributed by atoms with E-state index in [1.54, 1.807) is 6.20 Å². The van der Waals surface area contributed by atoms with Gasteiger partial charge >= 0.3 is 0 Å². The molecule has 0 amide bonds. The Labute approximate surface area is 176 Å². The van der Waals surface area contributed by atoms with Crippen molar-refractivity contribution < 1.29 is 9.50 Å². The monoisotopic (exact) mass is 413 g/mol. The molecule has 0 bridgehead atoms. The number of nitrogens with one attached hydrogen (secondary N) is 2. The van der Waals surface area contributed by atoms with Crippen LogP contribution in [0.25, 0.3) is 0 Å². The molecule has 0 aliphatic heterocycles. The number of hydrogen-bond acceptors (Lipinski definition) is 8. The van der Waals surface area contributed by atoms with E-state index in [4.69, 9.17) is 0 Å². The molecule has 2 heterocycles. The van der Waals surface area contributed by atoms with Crippen LogP contribution >= 0.6 is 0 Å². The van der Waals surface area contributed by atoms with E-state index in [2.05, 4.69) is 36.6 Å². The van der Waals surface area contributed by atoms with Crippen LogP contribution in [-0.2, 0) is 12.2 Å². The molecule has 2 aromatic heterocycles. The summed E-state index contributed by atoms with van der Waals surface area (Å²) in [6.07, 6.45) is 6.26. The molecule has 0 spiro atoms. The van der Waals surface area contributed by atoms with Gasteiger partial charge in [-0.15, -0.1) is 0 Å². The van der Waals surface area contributed by atoms with Gasteiger partial charge < -0.3 is 15.7 Å². The Morgan fingerprint density at radius 2 is 2.07 bits per heavy atom. The van der Waals surface area contributed by atoms with E-state index in [1.165, 1.54) is 26.4 Å². The number of hydrogen-bond donors (Lipinski definition) is 3. The number of nitriles is 1. The zero-order chi connectivity index (χ0) is 21.9. The van der Waals surface area contributed by atoms with Gasteiger partial charge in [-0.05, 0) is 38.5 Å². The van der Waals surface area contributed by atoms with Crippen LogP contribution in [0.5, 0.6) is 0 Å². The van der Waals surface area contributed by atoms with Gasteiger partial charge in [0, 0.05) is 24.3 Å². The van der Waals surface area contributed by atoms with Crippen LogP contribution in [0.1, 0.15) is 63.8 Å². The van der Waals surface area contributed by atoms with E-state index < -0.39 is 5.67 Å². The summed E-state index contributed by atoms with van der Waals surface area (Å²) in [6, 6.07) is 2.21. The van der Waals surface area contributed by atoms with Gasteiger partial charge in [-0.2, -0.15) is 10.2 Å². The highest BCUT2D eigenvalue weighted by Crippen LogP contribution is 2.37. The van der Waals surface area contributed by atoms with Crippen molar-refractivity contribution >= 4 is 11.8 Å². The first-order valence-electron chi connectivity index (χ1n) is 10.0. The van der Waals surface area contributed by atoms with Crippen LogP contribution in [0, 0.1) is 16.7 Å². The van der Waals surface area contributed by atoms with Gasteiger partial charge in [-0.25, -0.2) is 19.3 Å². The van der Waals surface area contributed by atoms with E-state index in [0.717, 1.165) is 12.8 Å². The molecule has 30 heavy (non-hydrogen) atoms. The summed E-state index contributed by atoms with van der Waals surface area (Å²) in [6.45, 7) is 7.21. The second-order valence-electron chi connectivity index (χ2n) is 8.92. The van der Waals surface area contributed by atoms with Crippen molar-refractivity contribution in [1.29, 1.82) is 5.26 Å². The minimum absolute atomic E-state index is 0.0970. The molecule has 1 saturated carbocycles. The molecule has 3 N–H and O–H groups in total. The van der Waals surface area contributed by atoms with Crippen LogP contribution in [-0.4, -0.2) is 37.2 Å². The molecule has 160 valence electrons. The van der Waals surface area contributed by atoms with Gasteiger partial charge in [-0.3, -0.25) is 0 Å². The number of rotatable bonds is 6. The maximum absolute atomic E-state index is 14.4. The molecule has 2 aromatic rings. The minimum Gasteiger partial charge on any atom is -0.393 e. The Bertz CT molecular complexity index is 936. The molecular weight excluding hydrogens is 385 g/mol. The number of aliphatic hydroxyl groups is 1. The Kier molecular flexibility index (Phi) is 6.17. The van der Waals surface area contributed by atoms with Gasteiger partial charge in [0.15, 0.2) is 0 Å². The number of halogens is 1. The van der Waals surface area contributed by atoms with Crippen molar-refractivity contribution in [1.82, 2.24) is 19.9 Å². The van der Waals surface area contributed by atoms with Crippen LogP contribution in [0.3, 0.4) is 0 Å². The summed E-state index contributed by atoms with van der Waals surface area (Å²) >= 11 is 0. The quantitative estimate of drug-likeness (QED) is 0.660. The molecule has 1 fully saturated rings. The summed E-state index contributed by atoms with van der Waals surface area (Å²) in [5.41, 5.74) is -0.551. The molecule has 1 aliphatic rings. The zero-order valence-corrected chi connectivity index (χ0v) is 17.8. The zero-order valence-electron chi connectivity index (χ0n) is 17.8. The van der Waals surface area contributed by atoms with E-state index >= 15 is 0 Å². The molecule has 0 unspecified atom stereocenters. The van der Waals surface area contributed by atoms with Gasteiger partial charge in [-0.1, -0.05) is 13.8 Å². The van der Waals surface area contributed by atoms with Gasteiger partial charge in [0.05, 0.1) is 18.0 Å². The fourth-order valence-corrected chi connectivity index (χ4v) is 3.80. The molecule has 9 heteroatoms. The Morgan fingerprint density at radius 1 is 1.30 bits per heavy atom. The maximum atomic E-state index is 14.4. The smallest absolute Gasteiger partial charge is 0.224 e. The minimum atomic E-state index is -1.60. The molecular formula is C21H28FN7O. The Morgan fingerprint density at radius 3 is 2.73 bits per heavy atom. The lowest BCUT2D eigenvalue weighted by molar-refractivity contribution is 0.00926. The van der Waals surface area contributed by atoms with Gasteiger partial charge in [0.25, 0.3) is 0 Å². The fourth-order valence-electron chi connectivity index (χ4n) is 3.80. The number of anilines is 2. The second kappa shape index (κ2) is 8.48. The number of alkyl halides is 1. The number of aliphatic hydroxyl groups excluding tert-OH is 1. The van der Waals surface area contributed by atoms with Crippen molar-refractivity contribution in [2.75, 3.05) is 10.6 Å². The third-order valence-corrected chi connectivity index (χ3v) is 5.50. The van der Waals surface area contributed by atoms with E-state index in [1.807, 2.05) is 13.8 Å². The maximum Gasteiger partial charge on any atom is 0.224 e. The summed E-state index contributed by atoms with van der Waals surface area (Å²) in [4.78, 5) is 16.7. The highest BCUT2D eigenvalue weighted by atomic mass is 19.1. The van der Waals surface area contributed by atoms with Crippen molar-refractivity contribution in [2.24, 2.45) is 5.41 Å². The first kappa shape index (κ1) is 21.8. The summed E-state index contributed by atoms with van der Waals surface area (Å²) in [5.74, 6) is 0.764. The third-order valence-electron chi connectivity index (χ3n) is 5.50. The Hall–Kier alpha value is -2.86. The van der Waals surface area contributed by atoms with Crippen molar-refractivity contribution in [3.8, 4) is 6.07 Å². The van der Waals surface area contributed by atoms with E-state index in [9.17, 15) is 14.8 Å². The van der Waals surface area contributed by atoms with Gasteiger partial charge in [0.1, 0.15) is 29.4 Å². The molecule has 0 aromatic carbocycles. The van der Waals surface area contributed by atoms with E-state index in [-0.39, 0.29) is 24.1 Å². The van der Waals surface area contributed by atoms with E-state index in [0.29, 0.717) is 35.0 Å². The highest BCUT2D eigenvalue weighted by molar-refractivity contribution is 5.54. The molecule has 2 atom stereocenters. The lowest BCUT2D eigenvalue weighted by Gasteiger charge is -2.40. The van der Waals surface area contributed by atoms with Crippen molar-refractivity contribution in [3.63, 3.8) is 0 Å². The molecule has 0 radical (unpaired) electrons. The topological polar surface area (TPSA) is 120 Å². The average Bonchev–Trinajstić information content (AvgIpc) is 2.68. The molecule has 8 nitrogen and oxygen atoms in total. The lowest BCUT2D eigenvalue weighted by Crippen LogP contribution is -2.41. The van der Waals surface area contributed by atoms with Crippen LogP contribution in [0.2, 0.25) is 0 Å². The molecule has 1 aliphatic carbocycles. The van der Waals surface area contributed by atoms with Gasteiger partial charge in [0.2, 0.25) is 5.95 Å². The fraction of sp³-hybridized carbons (Fsp3) is 0.571. The summed E-state index contributed by atoms with van der Waals surface area (Å²) in [5, 5.41) is 26.0. The predicted octanol–water partition coefficient (Wildman–Crippen LogP) is 3.31. The Balaban J connectivity index is 1.75. The predicted molar refractivity (Wildman–Crippen MR) is 111 cm³/mol. The molecule has 3 rings (SSSR count). The first-order valence-corrected chi connectivity index (χ1v) is 10.0. The van der Waals surface area contributed by atoms with Crippen LogP contribution in [0.4, 0.5) is 16.2 Å². The summed E-state index contributed by atoms with van der Waals surface area (Å²) in [7, 11) is 0. The second-order valence-corrected chi connectivity index (χ2v) is 8.92.